The van der Waals surface area contributed by atoms with Crippen LogP contribution >= 0.6 is 27.7 Å². The molecule has 27 heavy (non-hydrogen) atoms. The van der Waals surface area contributed by atoms with Crippen molar-refractivity contribution in [1.29, 1.82) is 0 Å². The molecule has 3 N–H and O–H groups in total. The van der Waals surface area contributed by atoms with Crippen LogP contribution in [0.3, 0.4) is 0 Å². The van der Waals surface area contributed by atoms with E-state index < -0.39 is 17.4 Å². The molecule has 142 valence electrons. The second-order valence-electron chi connectivity index (χ2n) is 6.11. The molecule has 0 bridgehead atoms. The van der Waals surface area contributed by atoms with Crippen LogP contribution in [0.1, 0.15) is 37.7 Å². The van der Waals surface area contributed by atoms with Crippen molar-refractivity contribution in [3.05, 3.63) is 44.7 Å². The fourth-order valence-corrected chi connectivity index (χ4v) is 4.07. The maximum atomic E-state index is 12.8. The first-order chi connectivity index (χ1) is 13.0. The Morgan fingerprint density at radius 2 is 2.15 bits per heavy atom. The zero-order chi connectivity index (χ0) is 19.4. The number of carbonyl (C=O) groups is 2. The molecule has 2 amide bonds. The lowest BCUT2D eigenvalue weighted by atomic mass is 9.92. The van der Waals surface area contributed by atoms with Gasteiger partial charge in [-0.2, -0.15) is 0 Å². The molecule has 0 aliphatic carbocycles. The van der Waals surface area contributed by atoms with Crippen LogP contribution in [0, 0.1) is 0 Å². The molecule has 1 atom stereocenters. The third-order valence-electron chi connectivity index (χ3n) is 4.11. The topological polar surface area (TPSA) is 104 Å². The summed E-state index contributed by atoms with van der Waals surface area (Å²) in [7, 11) is 0. The maximum absolute atomic E-state index is 12.8. The number of halogens is 1. The normalized spacial score (nSPS) is 15.8. The van der Waals surface area contributed by atoms with E-state index in [0.717, 1.165) is 18.6 Å². The van der Waals surface area contributed by atoms with Gasteiger partial charge in [0, 0.05) is 16.6 Å². The van der Waals surface area contributed by atoms with Gasteiger partial charge in [0.15, 0.2) is 5.16 Å². The number of benzene rings is 1. The predicted octanol–water partition coefficient (Wildman–Crippen LogP) is 3.49. The highest BCUT2D eigenvalue weighted by Gasteiger charge is 2.34. The average molecular weight is 451 g/mol. The number of anilines is 2. The minimum absolute atomic E-state index is 0.101. The molecule has 0 spiro atoms. The van der Waals surface area contributed by atoms with Gasteiger partial charge in [-0.15, -0.1) is 0 Å². The molecule has 1 aromatic heterocycles. The van der Waals surface area contributed by atoms with E-state index >= 15 is 0 Å². The molecule has 0 fully saturated rings. The summed E-state index contributed by atoms with van der Waals surface area (Å²) in [5.41, 5.74) is 0.372. The zero-order valence-electron chi connectivity index (χ0n) is 14.7. The first kappa shape index (κ1) is 19.6. The number of amides is 2. The summed E-state index contributed by atoms with van der Waals surface area (Å²) < 4.78 is 0.716. The highest BCUT2D eigenvalue weighted by molar-refractivity contribution is 9.10. The minimum Gasteiger partial charge on any atom is -0.325 e. The predicted molar refractivity (Wildman–Crippen MR) is 109 cm³/mol. The van der Waals surface area contributed by atoms with Gasteiger partial charge in [0.05, 0.1) is 17.2 Å². The number of nitrogens with zero attached hydrogens (tertiary/aromatic N) is 1. The molecule has 0 saturated heterocycles. The minimum atomic E-state index is -0.896. The number of rotatable bonds is 6. The molecule has 1 aromatic carbocycles. The van der Waals surface area contributed by atoms with Crippen LogP contribution in [-0.2, 0) is 9.59 Å². The second kappa shape index (κ2) is 8.71. The first-order valence-corrected chi connectivity index (χ1v) is 10.4. The number of carbonyl (C=O) groups excluding carboxylic acids is 2. The van der Waals surface area contributed by atoms with Gasteiger partial charge in [-0.1, -0.05) is 37.2 Å². The monoisotopic (exact) mass is 450 g/mol. The van der Waals surface area contributed by atoms with Gasteiger partial charge < -0.3 is 15.6 Å². The van der Waals surface area contributed by atoms with E-state index in [2.05, 4.69) is 43.5 Å². The van der Waals surface area contributed by atoms with Crippen LogP contribution in [0.2, 0.25) is 0 Å². The van der Waals surface area contributed by atoms with Gasteiger partial charge in [0.2, 0.25) is 11.8 Å². The van der Waals surface area contributed by atoms with E-state index in [1.54, 1.807) is 18.2 Å². The molecule has 1 aliphatic heterocycles. The van der Waals surface area contributed by atoms with Crippen LogP contribution < -0.4 is 16.2 Å². The number of H-pyrrole nitrogens is 1. The third-order valence-corrected chi connectivity index (χ3v) is 5.77. The van der Waals surface area contributed by atoms with Crippen LogP contribution in [0.15, 0.2) is 38.7 Å². The number of nitrogens with one attached hydrogen (secondary N) is 3. The molecule has 0 saturated carbocycles. The number of hydrogen-bond donors (Lipinski definition) is 3. The molecule has 2 aromatic rings. The maximum Gasteiger partial charge on any atom is 0.257 e. The molecule has 1 aliphatic rings. The SMILES string of the molecule is CCCCSc1nc2c(c(=O)[nH]1)[C@@H](C(=O)Nc1ccccc1Br)CC(=O)N2. The van der Waals surface area contributed by atoms with Gasteiger partial charge in [-0.25, -0.2) is 4.98 Å². The van der Waals surface area contributed by atoms with E-state index in [0.29, 0.717) is 15.3 Å². The Labute approximate surface area is 168 Å². The fourth-order valence-electron chi connectivity index (χ4n) is 2.74. The van der Waals surface area contributed by atoms with Gasteiger partial charge in [-0.05, 0) is 34.5 Å². The third kappa shape index (κ3) is 4.59. The quantitative estimate of drug-likeness (QED) is 0.355. The lowest BCUT2D eigenvalue weighted by Crippen LogP contribution is -2.36. The Kier molecular flexibility index (Phi) is 6.33. The van der Waals surface area contributed by atoms with Crippen molar-refractivity contribution in [2.24, 2.45) is 0 Å². The fraction of sp³-hybridized carbons (Fsp3) is 0.333. The number of thioether (sulfide) groups is 1. The Morgan fingerprint density at radius 1 is 1.37 bits per heavy atom. The first-order valence-electron chi connectivity index (χ1n) is 8.61. The van der Waals surface area contributed by atoms with E-state index in [1.807, 2.05) is 6.07 Å². The number of para-hydroxylation sites is 1. The Morgan fingerprint density at radius 3 is 2.89 bits per heavy atom. The Balaban J connectivity index is 1.88. The van der Waals surface area contributed by atoms with E-state index in [1.165, 1.54) is 11.8 Å². The number of fused-ring (bicyclic) bond motifs is 1. The summed E-state index contributed by atoms with van der Waals surface area (Å²) in [5.74, 6) is -0.667. The number of aromatic amines is 1. The summed E-state index contributed by atoms with van der Waals surface area (Å²) in [4.78, 5) is 44.5. The number of unbranched alkanes of at least 4 members (excludes halogenated alkanes) is 1. The Hall–Kier alpha value is -2.13. The lowest BCUT2D eigenvalue weighted by Gasteiger charge is -2.23. The Bertz CT molecular complexity index is 931. The highest BCUT2D eigenvalue weighted by Crippen LogP contribution is 2.31. The van der Waals surface area contributed by atoms with Crippen molar-refractivity contribution >= 4 is 51.0 Å². The van der Waals surface area contributed by atoms with Gasteiger partial charge >= 0.3 is 0 Å². The van der Waals surface area contributed by atoms with Crippen molar-refractivity contribution in [3.63, 3.8) is 0 Å². The van der Waals surface area contributed by atoms with Crippen LogP contribution in [0.5, 0.6) is 0 Å². The molecule has 3 rings (SSSR count). The van der Waals surface area contributed by atoms with Crippen LogP contribution in [-0.4, -0.2) is 27.5 Å². The summed E-state index contributed by atoms with van der Waals surface area (Å²) in [6.45, 7) is 2.08. The summed E-state index contributed by atoms with van der Waals surface area (Å²) in [5, 5.41) is 5.84. The molecule has 2 heterocycles. The van der Waals surface area contributed by atoms with Crippen LogP contribution in [0.25, 0.3) is 0 Å². The number of aromatic nitrogens is 2. The van der Waals surface area contributed by atoms with Gasteiger partial charge in [0.25, 0.3) is 5.56 Å². The van der Waals surface area contributed by atoms with E-state index in [9.17, 15) is 14.4 Å². The summed E-state index contributed by atoms with van der Waals surface area (Å²) in [6.07, 6.45) is 1.93. The van der Waals surface area contributed by atoms with Crippen molar-refractivity contribution in [2.45, 2.75) is 37.3 Å². The van der Waals surface area contributed by atoms with Crippen molar-refractivity contribution in [3.8, 4) is 0 Å². The molecule has 9 heteroatoms. The van der Waals surface area contributed by atoms with Crippen LogP contribution in [0.4, 0.5) is 11.5 Å². The molecular weight excluding hydrogens is 432 g/mol. The second-order valence-corrected chi connectivity index (χ2v) is 8.05. The summed E-state index contributed by atoms with van der Waals surface area (Å²) in [6, 6.07) is 7.15. The van der Waals surface area contributed by atoms with E-state index in [4.69, 9.17) is 0 Å². The van der Waals surface area contributed by atoms with Crippen molar-refractivity contribution < 1.29 is 9.59 Å². The number of hydrogen-bond acceptors (Lipinski definition) is 5. The van der Waals surface area contributed by atoms with E-state index in [-0.39, 0.29) is 23.7 Å². The molecule has 0 radical (unpaired) electrons. The highest BCUT2D eigenvalue weighted by atomic mass is 79.9. The zero-order valence-corrected chi connectivity index (χ0v) is 17.1. The average Bonchev–Trinajstić information content (AvgIpc) is 2.62. The molecule has 7 nitrogen and oxygen atoms in total. The van der Waals surface area contributed by atoms with Crippen molar-refractivity contribution in [2.75, 3.05) is 16.4 Å². The molecule has 0 unspecified atom stereocenters. The lowest BCUT2D eigenvalue weighted by molar-refractivity contribution is -0.123. The summed E-state index contributed by atoms with van der Waals surface area (Å²) >= 11 is 4.79. The molecular formula is C18H19BrN4O3S. The van der Waals surface area contributed by atoms with Crippen molar-refractivity contribution in [1.82, 2.24) is 9.97 Å². The largest absolute Gasteiger partial charge is 0.325 e. The van der Waals surface area contributed by atoms with Gasteiger partial charge in [0.1, 0.15) is 5.82 Å². The standard InChI is InChI=1S/C18H19BrN4O3S/c1-2-3-8-27-18-22-15-14(17(26)23-18)10(9-13(24)21-15)16(25)20-12-7-5-4-6-11(12)19/h4-7,10H,2-3,8-9H2,1H3,(H,20,25)(H2,21,22,23,24,26)/t10-/m0/s1. The van der Waals surface area contributed by atoms with Gasteiger partial charge in [-0.3, -0.25) is 14.4 Å². The smallest absolute Gasteiger partial charge is 0.257 e.